The fraction of sp³-hybridized carbons (Fsp3) is 0.538. The first-order chi connectivity index (χ1) is 7.45. The van der Waals surface area contributed by atoms with Gasteiger partial charge in [-0.1, -0.05) is 34.1 Å². The van der Waals surface area contributed by atoms with Crippen LogP contribution in [-0.2, 0) is 5.41 Å². The second-order valence-corrected chi connectivity index (χ2v) is 4.99. The zero-order chi connectivity index (χ0) is 12.2. The van der Waals surface area contributed by atoms with E-state index in [9.17, 15) is 0 Å². The van der Waals surface area contributed by atoms with Crippen molar-refractivity contribution in [2.24, 2.45) is 4.99 Å². The Hall–Kier alpha value is -1.38. The third-order valence-corrected chi connectivity index (χ3v) is 2.39. The maximum atomic E-state index is 5.92. The molecule has 3 nitrogen and oxygen atoms in total. The number of hydrogen-bond donors (Lipinski definition) is 1. The van der Waals surface area contributed by atoms with Gasteiger partial charge >= 0.3 is 0 Å². The van der Waals surface area contributed by atoms with Crippen LogP contribution in [0, 0.1) is 0 Å². The van der Waals surface area contributed by atoms with E-state index in [1.165, 1.54) is 0 Å². The predicted octanol–water partition coefficient (Wildman–Crippen LogP) is 3.46. The Kier molecular flexibility index (Phi) is 4.05. The van der Waals surface area contributed by atoms with Crippen LogP contribution in [0.2, 0.25) is 0 Å². The molecule has 2 N–H and O–H groups in total. The van der Waals surface area contributed by atoms with Crippen molar-refractivity contribution in [2.75, 3.05) is 5.73 Å². The van der Waals surface area contributed by atoms with Crippen LogP contribution in [0.25, 0.3) is 0 Å². The molecule has 0 fully saturated rings. The first-order valence-electron chi connectivity index (χ1n) is 5.73. The summed E-state index contributed by atoms with van der Waals surface area (Å²) in [5, 5.41) is 0. The second-order valence-electron chi connectivity index (χ2n) is 4.99. The number of nitrogen functional groups attached to an aromatic ring is 1. The molecule has 0 spiro atoms. The average Bonchev–Trinajstić information content (AvgIpc) is 2.19. The molecule has 0 saturated heterocycles. The molecule has 0 aromatic carbocycles. The molecule has 0 aliphatic heterocycles. The molecule has 0 radical (unpaired) electrons. The largest absolute Gasteiger partial charge is 0.396 e. The van der Waals surface area contributed by atoms with Gasteiger partial charge in [0.05, 0.1) is 5.69 Å². The molecule has 0 aliphatic rings. The Labute approximate surface area is 97.8 Å². The number of aliphatic imine (C=N–C) groups is 1. The maximum absolute atomic E-state index is 5.92. The Morgan fingerprint density at radius 1 is 1.44 bits per heavy atom. The van der Waals surface area contributed by atoms with Crippen LogP contribution in [-0.4, -0.2) is 11.2 Å². The van der Waals surface area contributed by atoms with Crippen molar-refractivity contribution in [3.8, 4) is 0 Å². The number of hydrogen-bond acceptors (Lipinski definition) is 3. The summed E-state index contributed by atoms with van der Waals surface area (Å²) in [4.78, 5) is 8.55. The Morgan fingerprint density at radius 2 is 2.12 bits per heavy atom. The monoisotopic (exact) mass is 219 g/mol. The summed E-state index contributed by atoms with van der Waals surface area (Å²) in [5.41, 5.74) is 7.79. The van der Waals surface area contributed by atoms with Crippen molar-refractivity contribution in [1.82, 2.24) is 4.98 Å². The summed E-state index contributed by atoms with van der Waals surface area (Å²) in [6.45, 7) is 8.54. The topological polar surface area (TPSA) is 51.3 Å². The number of aromatic nitrogens is 1. The third-order valence-electron chi connectivity index (χ3n) is 2.39. The number of rotatable bonds is 3. The van der Waals surface area contributed by atoms with Crippen LogP contribution in [0.4, 0.5) is 11.5 Å². The van der Waals surface area contributed by atoms with Gasteiger partial charge in [0.2, 0.25) is 0 Å². The zero-order valence-electron chi connectivity index (χ0n) is 10.6. The highest BCUT2D eigenvalue weighted by Gasteiger charge is 2.15. The minimum atomic E-state index is 0.0762. The lowest BCUT2D eigenvalue weighted by atomic mass is 9.88. The van der Waals surface area contributed by atoms with Gasteiger partial charge in [-0.25, -0.2) is 9.98 Å². The molecule has 1 aromatic rings. The number of pyridine rings is 1. The minimum absolute atomic E-state index is 0.0762. The molecule has 3 heteroatoms. The van der Waals surface area contributed by atoms with E-state index in [-0.39, 0.29) is 5.41 Å². The highest BCUT2D eigenvalue weighted by Crippen LogP contribution is 2.27. The molecule has 1 aromatic heterocycles. The summed E-state index contributed by atoms with van der Waals surface area (Å²) < 4.78 is 0. The van der Waals surface area contributed by atoms with Gasteiger partial charge in [0.15, 0.2) is 5.82 Å². The van der Waals surface area contributed by atoms with Gasteiger partial charge in [-0.05, 0) is 23.5 Å². The van der Waals surface area contributed by atoms with Gasteiger partial charge in [0, 0.05) is 12.4 Å². The normalized spacial score (nSPS) is 12.2. The van der Waals surface area contributed by atoms with Gasteiger partial charge < -0.3 is 5.73 Å². The van der Waals surface area contributed by atoms with Crippen LogP contribution < -0.4 is 5.73 Å². The first kappa shape index (κ1) is 12.7. The fourth-order valence-corrected chi connectivity index (χ4v) is 1.27. The molecule has 0 bridgehead atoms. The van der Waals surface area contributed by atoms with E-state index < -0.39 is 0 Å². The van der Waals surface area contributed by atoms with Crippen molar-refractivity contribution in [3.63, 3.8) is 0 Å². The van der Waals surface area contributed by atoms with Gasteiger partial charge in [0.1, 0.15) is 0 Å². The summed E-state index contributed by atoms with van der Waals surface area (Å²) in [5.74, 6) is 0.626. The van der Waals surface area contributed by atoms with E-state index in [1.54, 1.807) is 0 Å². The maximum Gasteiger partial charge on any atom is 0.175 e. The average molecular weight is 219 g/mol. The van der Waals surface area contributed by atoms with Crippen molar-refractivity contribution in [2.45, 2.75) is 46.0 Å². The third kappa shape index (κ3) is 3.33. The molecule has 0 atom stereocenters. The van der Waals surface area contributed by atoms with Crippen LogP contribution in [0.3, 0.4) is 0 Å². The second kappa shape index (κ2) is 5.10. The van der Waals surface area contributed by atoms with Crippen molar-refractivity contribution in [3.05, 3.63) is 17.8 Å². The molecule has 0 unspecified atom stereocenters. The molecule has 0 saturated carbocycles. The SMILES string of the molecule is CCCC=Nc1ncc(C(C)(C)C)cc1N. The molecule has 1 rings (SSSR count). The van der Waals surface area contributed by atoms with Gasteiger partial charge in [0.25, 0.3) is 0 Å². The molecule has 16 heavy (non-hydrogen) atoms. The van der Waals surface area contributed by atoms with E-state index in [2.05, 4.69) is 37.7 Å². The molecular weight excluding hydrogens is 198 g/mol. The predicted molar refractivity (Wildman–Crippen MR) is 70.4 cm³/mol. The van der Waals surface area contributed by atoms with Gasteiger partial charge in [-0.3, -0.25) is 0 Å². The van der Waals surface area contributed by atoms with E-state index >= 15 is 0 Å². The standard InChI is InChI=1S/C13H21N3/c1-5-6-7-15-12-11(14)8-10(9-16-12)13(2,3)4/h7-9H,5-6,14H2,1-4H3. The Morgan fingerprint density at radius 3 is 2.62 bits per heavy atom. The Bertz CT molecular complexity index is 375. The smallest absolute Gasteiger partial charge is 0.175 e. The van der Waals surface area contributed by atoms with E-state index in [0.717, 1.165) is 18.4 Å². The van der Waals surface area contributed by atoms with Crippen molar-refractivity contribution in [1.29, 1.82) is 0 Å². The number of nitrogens with zero attached hydrogens (tertiary/aromatic N) is 2. The van der Waals surface area contributed by atoms with Gasteiger partial charge in [-0.15, -0.1) is 0 Å². The Balaban J connectivity index is 2.92. The highest BCUT2D eigenvalue weighted by molar-refractivity contribution is 5.68. The lowest BCUT2D eigenvalue weighted by molar-refractivity contribution is 0.588. The molecular formula is C13H21N3. The number of unbranched alkanes of at least 4 members (excludes halogenated alkanes) is 1. The highest BCUT2D eigenvalue weighted by atomic mass is 14.9. The van der Waals surface area contributed by atoms with Crippen LogP contribution in [0.5, 0.6) is 0 Å². The summed E-state index contributed by atoms with van der Waals surface area (Å²) in [6, 6.07) is 1.96. The van der Waals surface area contributed by atoms with E-state index in [4.69, 9.17) is 5.73 Å². The first-order valence-corrected chi connectivity index (χ1v) is 5.73. The summed E-state index contributed by atoms with van der Waals surface area (Å²) in [6.07, 6.45) is 5.77. The van der Waals surface area contributed by atoms with E-state index in [0.29, 0.717) is 11.5 Å². The molecule has 0 aliphatic carbocycles. The lowest BCUT2D eigenvalue weighted by Gasteiger charge is -2.18. The number of anilines is 1. The van der Waals surface area contributed by atoms with Crippen molar-refractivity contribution >= 4 is 17.7 Å². The van der Waals surface area contributed by atoms with E-state index in [1.807, 2.05) is 18.5 Å². The quantitative estimate of drug-likeness (QED) is 0.791. The molecule has 1 heterocycles. The fourth-order valence-electron chi connectivity index (χ4n) is 1.27. The summed E-state index contributed by atoms with van der Waals surface area (Å²) in [7, 11) is 0. The van der Waals surface area contributed by atoms with Crippen LogP contribution >= 0.6 is 0 Å². The molecule has 88 valence electrons. The zero-order valence-corrected chi connectivity index (χ0v) is 10.6. The summed E-state index contributed by atoms with van der Waals surface area (Å²) >= 11 is 0. The molecule has 0 amide bonds. The van der Waals surface area contributed by atoms with Crippen molar-refractivity contribution < 1.29 is 0 Å². The van der Waals surface area contributed by atoms with Crippen LogP contribution in [0.15, 0.2) is 17.3 Å². The van der Waals surface area contributed by atoms with Gasteiger partial charge in [-0.2, -0.15) is 0 Å². The van der Waals surface area contributed by atoms with Crippen LogP contribution in [0.1, 0.15) is 46.1 Å². The lowest BCUT2D eigenvalue weighted by Crippen LogP contribution is -2.11. The minimum Gasteiger partial charge on any atom is -0.396 e. The number of nitrogens with two attached hydrogens (primary N) is 1.